The van der Waals surface area contributed by atoms with E-state index >= 15 is 0 Å². The first-order valence-corrected chi connectivity index (χ1v) is 12.4. The molecule has 0 unspecified atom stereocenters. The van der Waals surface area contributed by atoms with Gasteiger partial charge in [-0.1, -0.05) is 30.3 Å². The number of hydrogen-bond acceptors (Lipinski definition) is 6. The van der Waals surface area contributed by atoms with Crippen LogP contribution in [-0.4, -0.2) is 41.2 Å². The van der Waals surface area contributed by atoms with Gasteiger partial charge in [0.15, 0.2) is 0 Å². The molecule has 1 aliphatic rings. The average molecular weight is 463 g/mol. The minimum atomic E-state index is -3.68. The van der Waals surface area contributed by atoms with Crippen LogP contribution >= 0.6 is 0 Å². The molecule has 3 rings (SSSR count). The lowest BCUT2D eigenvalue weighted by Gasteiger charge is -2.11. The Labute approximate surface area is 181 Å². The van der Waals surface area contributed by atoms with E-state index < -0.39 is 32.0 Å². The van der Waals surface area contributed by atoms with Gasteiger partial charge in [0.1, 0.15) is 11.9 Å². The Morgan fingerprint density at radius 3 is 2.55 bits per heavy atom. The summed E-state index contributed by atoms with van der Waals surface area (Å²) in [6.45, 7) is 5.16. The number of aliphatic imine (C=N–C) groups is 1. The molecule has 9 nitrogen and oxygen atoms in total. The lowest BCUT2D eigenvalue weighted by atomic mass is 10.2. The van der Waals surface area contributed by atoms with Gasteiger partial charge in [-0.05, 0) is 36.8 Å². The highest BCUT2D eigenvalue weighted by Gasteiger charge is 2.31. The Morgan fingerprint density at radius 1 is 1.19 bits per heavy atom. The molecule has 0 aliphatic carbocycles. The molecular formula is C20H22N4O5S2. The summed E-state index contributed by atoms with van der Waals surface area (Å²) >= 11 is 0. The molecule has 0 radical (unpaired) electrons. The number of anilines is 1. The van der Waals surface area contributed by atoms with Crippen molar-refractivity contribution in [3.8, 4) is 0 Å². The van der Waals surface area contributed by atoms with Crippen molar-refractivity contribution in [3.63, 3.8) is 0 Å². The van der Waals surface area contributed by atoms with E-state index in [1.54, 1.807) is 49.4 Å². The molecule has 2 aromatic carbocycles. The number of carbonyl (C=O) groups is 1. The van der Waals surface area contributed by atoms with Crippen LogP contribution in [0.2, 0.25) is 0 Å². The first-order chi connectivity index (χ1) is 14.6. The Bertz CT molecular complexity index is 1240. The molecule has 0 spiro atoms. The molecule has 31 heavy (non-hydrogen) atoms. The van der Waals surface area contributed by atoms with E-state index in [2.05, 4.69) is 26.3 Å². The SMILES string of the molecule is C=CCNS(=O)(=O)Cc1ccc(NC(=O)[C@H](C)N=C2NS(=O)(=O)c3ccccc32)cc1. The fraction of sp³-hybridized carbons (Fsp3) is 0.200. The van der Waals surface area contributed by atoms with E-state index in [9.17, 15) is 21.6 Å². The predicted octanol–water partition coefficient (Wildman–Crippen LogP) is 1.36. The average Bonchev–Trinajstić information content (AvgIpc) is 2.98. The number of carbonyl (C=O) groups excluding carboxylic acids is 1. The molecule has 1 heterocycles. The molecule has 11 heteroatoms. The third-order valence-electron chi connectivity index (χ3n) is 4.39. The van der Waals surface area contributed by atoms with Crippen LogP contribution in [0, 0.1) is 0 Å². The predicted molar refractivity (Wildman–Crippen MR) is 119 cm³/mol. The van der Waals surface area contributed by atoms with Gasteiger partial charge in [-0.3, -0.25) is 14.5 Å². The van der Waals surface area contributed by atoms with Crippen molar-refractivity contribution in [1.82, 2.24) is 9.44 Å². The fourth-order valence-electron chi connectivity index (χ4n) is 2.87. The summed E-state index contributed by atoms with van der Waals surface area (Å²) in [4.78, 5) is 16.8. The zero-order valence-corrected chi connectivity index (χ0v) is 18.3. The Balaban J connectivity index is 1.67. The second-order valence-corrected chi connectivity index (χ2v) is 10.3. The highest BCUT2D eigenvalue weighted by Crippen LogP contribution is 2.22. The minimum Gasteiger partial charge on any atom is -0.324 e. The third-order valence-corrected chi connectivity index (χ3v) is 7.11. The highest BCUT2D eigenvalue weighted by atomic mass is 32.2. The van der Waals surface area contributed by atoms with Gasteiger partial charge in [-0.15, -0.1) is 6.58 Å². The van der Waals surface area contributed by atoms with Gasteiger partial charge in [0, 0.05) is 17.8 Å². The van der Waals surface area contributed by atoms with Gasteiger partial charge in [0.2, 0.25) is 15.9 Å². The summed E-state index contributed by atoms with van der Waals surface area (Å²) in [6, 6.07) is 11.9. The molecule has 164 valence electrons. The summed E-state index contributed by atoms with van der Waals surface area (Å²) in [6.07, 6.45) is 1.45. The number of hydrogen-bond donors (Lipinski definition) is 3. The molecule has 1 aliphatic heterocycles. The molecule has 2 aromatic rings. The van der Waals surface area contributed by atoms with E-state index in [0.717, 1.165) is 0 Å². The Morgan fingerprint density at radius 2 is 1.87 bits per heavy atom. The number of fused-ring (bicyclic) bond motifs is 1. The molecular weight excluding hydrogens is 440 g/mol. The van der Waals surface area contributed by atoms with Gasteiger partial charge in [-0.25, -0.2) is 21.6 Å². The topological polar surface area (TPSA) is 134 Å². The summed E-state index contributed by atoms with van der Waals surface area (Å²) in [7, 11) is -7.16. The van der Waals surface area contributed by atoms with Crippen LogP contribution < -0.4 is 14.8 Å². The molecule has 0 saturated heterocycles. The van der Waals surface area contributed by atoms with Crippen LogP contribution in [-0.2, 0) is 30.6 Å². The van der Waals surface area contributed by atoms with Crippen molar-refractivity contribution in [2.75, 3.05) is 11.9 Å². The standard InChI is InChI=1S/C20H22N4O5S2/c1-3-12-21-30(26,27)13-15-8-10-16(11-9-15)23-20(25)14(2)22-19-17-6-4-5-7-18(17)31(28,29)24-19/h3-11,14,21H,1,12-13H2,2H3,(H,22,24)(H,23,25)/t14-/m0/s1. The summed E-state index contributed by atoms with van der Waals surface area (Å²) in [5.41, 5.74) is 1.43. The maximum atomic E-state index is 12.5. The summed E-state index contributed by atoms with van der Waals surface area (Å²) < 4.78 is 52.9. The number of sulfonamides is 2. The van der Waals surface area contributed by atoms with Gasteiger partial charge in [-0.2, -0.15) is 0 Å². The second-order valence-electron chi connectivity index (χ2n) is 6.84. The fourth-order valence-corrected chi connectivity index (χ4v) is 5.21. The number of benzene rings is 2. The molecule has 0 bridgehead atoms. The second kappa shape index (κ2) is 9.00. The zero-order chi connectivity index (χ0) is 22.6. The molecule has 3 N–H and O–H groups in total. The zero-order valence-electron chi connectivity index (χ0n) is 16.7. The first kappa shape index (κ1) is 22.7. The van der Waals surface area contributed by atoms with Crippen LogP contribution in [0.15, 0.2) is 71.1 Å². The van der Waals surface area contributed by atoms with Gasteiger partial charge >= 0.3 is 0 Å². The molecule has 1 amide bonds. The first-order valence-electron chi connectivity index (χ1n) is 9.29. The lowest BCUT2D eigenvalue weighted by molar-refractivity contribution is -0.117. The van der Waals surface area contributed by atoms with Crippen molar-refractivity contribution >= 4 is 37.5 Å². The molecule has 0 aromatic heterocycles. The van der Waals surface area contributed by atoms with E-state index in [0.29, 0.717) is 16.8 Å². The number of amides is 1. The molecule has 0 saturated carbocycles. The number of amidine groups is 1. The van der Waals surface area contributed by atoms with Gasteiger partial charge < -0.3 is 5.32 Å². The maximum absolute atomic E-state index is 12.5. The Hall–Kier alpha value is -3.02. The highest BCUT2D eigenvalue weighted by molar-refractivity contribution is 7.90. The van der Waals surface area contributed by atoms with Crippen molar-refractivity contribution < 1.29 is 21.6 Å². The molecule has 1 atom stereocenters. The van der Waals surface area contributed by atoms with Gasteiger partial charge in [0.05, 0.1) is 10.6 Å². The van der Waals surface area contributed by atoms with E-state index in [4.69, 9.17) is 0 Å². The summed E-state index contributed by atoms with van der Waals surface area (Å²) in [5, 5.41) is 2.68. The smallest absolute Gasteiger partial charge is 0.263 e. The monoisotopic (exact) mass is 462 g/mol. The minimum absolute atomic E-state index is 0.117. The van der Waals surface area contributed by atoms with Crippen molar-refractivity contribution in [2.45, 2.75) is 23.6 Å². The number of nitrogens with one attached hydrogen (secondary N) is 3. The van der Waals surface area contributed by atoms with E-state index in [1.165, 1.54) is 12.1 Å². The maximum Gasteiger partial charge on any atom is 0.263 e. The van der Waals surface area contributed by atoms with E-state index in [-0.39, 0.29) is 23.0 Å². The van der Waals surface area contributed by atoms with Crippen molar-refractivity contribution in [1.29, 1.82) is 0 Å². The van der Waals surface area contributed by atoms with Crippen molar-refractivity contribution in [3.05, 3.63) is 72.3 Å². The van der Waals surface area contributed by atoms with Crippen LogP contribution in [0.5, 0.6) is 0 Å². The summed E-state index contributed by atoms with van der Waals surface area (Å²) in [5.74, 6) is -0.520. The Kier molecular flexibility index (Phi) is 6.58. The number of nitrogens with zero attached hydrogens (tertiary/aromatic N) is 1. The lowest BCUT2D eigenvalue weighted by Crippen LogP contribution is -2.29. The largest absolute Gasteiger partial charge is 0.324 e. The van der Waals surface area contributed by atoms with E-state index in [1.807, 2.05) is 0 Å². The third kappa shape index (κ3) is 5.57. The van der Waals surface area contributed by atoms with Crippen LogP contribution in [0.1, 0.15) is 18.1 Å². The quantitative estimate of drug-likeness (QED) is 0.509. The normalized spacial score (nSPS) is 16.9. The van der Waals surface area contributed by atoms with Crippen molar-refractivity contribution in [2.24, 2.45) is 4.99 Å². The molecule has 0 fully saturated rings. The number of rotatable bonds is 8. The van der Waals surface area contributed by atoms with Gasteiger partial charge in [0.25, 0.3) is 10.0 Å². The van der Waals surface area contributed by atoms with Crippen LogP contribution in [0.25, 0.3) is 0 Å². The van der Waals surface area contributed by atoms with Crippen LogP contribution in [0.3, 0.4) is 0 Å². The van der Waals surface area contributed by atoms with Crippen LogP contribution in [0.4, 0.5) is 5.69 Å².